The zero-order chi connectivity index (χ0) is 20.8. The van der Waals surface area contributed by atoms with Crippen LogP contribution < -0.4 is 5.73 Å². The summed E-state index contributed by atoms with van der Waals surface area (Å²) in [7, 11) is 1.65. The van der Waals surface area contributed by atoms with Gasteiger partial charge in [-0.15, -0.1) is 0 Å². The Bertz CT molecular complexity index is 1120. The van der Waals surface area contributed by atoms with Crippen molar-refractivity contribution < 1.29 is 4.79 Å². The molecule has 1 aliphatic carbocycles. The molecule has 29 heavy (non-hydrogen) atoms. The van der Waals surface area contributed by atoms with E-state index in [0.29, 0.717) is 12.0 Å². The number of carbonyl (C=O) groups is 1. The number of amides is 1. The van der Waals surface area contributed by atoms with Crippen LogP contribution in [0.4, 0.5) is 0 Å². The Morgan fingerprint density at radius 1 is 1.41 bits per heavy atom. The lowest BCUT2D eigenvalue weighted by Gasteiger charge is -2.44. The number of hydrogen-bond donors (Lipinski definition) is 1. The van der Waals surface area contributed by atoms with Crippen LogP contribution in [-0.2, 0) is 11.3 Å². The minimum Gasteiger partial charge on any atom is -0.369 e. The van der Waals surface area contributed by atoms with Crippen molar-refractivity contribution in [2.75, 3.05) is 7.05 Å². The third-order valence-electron chi connectivity index (χ3n) is 6.13. The second-order valence-corrected chi connectivity index (χ2v) is 7.80. The van der Waals surface area contributed by atoms with Crippen molar-refractivity contribution in [2.24, 2.45) is 16.6 Å². The number of likely N-dealkylation sites (N-methyl/N-ethyl adjacent to an activating group) is 1. The quantitative estimate of drug-likeness (QED) is 0.873. The number of aliphatic imine (C=N–C) groups is 1. The number of nitrogens with two attached hydrogens (primary N) is 1. The largest absolute Gasteiger partial charge is 0.369 e. The first-order valence-electron chi connectivity index (χ1n) is 9.75. The van der Waals surface area contributed by atoms with Gasteiger partial charge < -0.3 is 5.73 Å². The number of carbonyl (C=O) groups excluding carboxylic acids is 1. The first-order chi connectivity index (χ1) is 13.9. The second-order valence-electron chi connectivity index (χ2n) is 7.80. The van der Waals surface area contributed by atoms with Crippen LogP contribution in [0.2, 0.25) is 0 Å². The fourth-order valence-corrected chi connectivity index (χ4v) is 4.42. The third kappa shape index (κ3) is 2.92. The molecule has 148 valence electrons. The molecular formula is C22H24N6O. The van der Waals surface area contributed by atoms with Crippen molar-refractivity contribution in [1.82, 2.24) is 14.7 Å². The molecule has 3 atom stereocenters. The highest BCUT2D eigenvalue weighted by Gasteiger charge is 2.50. The second kappa shape index (κ2) is 6.89. The van der Waals surface area contributed by atoms with Crippen LogP contribution in [0.1, 0.15) is 31.7 Å². The van der Waals surface area contributed by atoms with Gasteiger partial charge in [-0.2, -0.15) is 10.4 Å². The van der Waals surface area contributed by atoms with E-state index >= 15 is 0 Å². The van der Waals surface area contributed by atoms with Crippen LogP contribution in [0, 0.1) is 17.2 Å². The van der Waals surface area contributed by atoms with E-state index in [-0.39, 0.29) is 17.8 Å². The number of aromatic nitrogens is 2. The van der Waals surface area contributed by atoms with Gasteiger partial charge in [0.15, 0.2) is 5.96 Å². The third-order valence-corrected chi connectivity index (χ3v) is 6.13. The SMILES string of the molecule is CCn1ncc2cc([C@H]3C(=O)N(C)C(N)=N[C@]3(C)C3C=CC=C(C#N)C3)ccc21. The number of benzene rings is 1. The average molecular weight is 388 g/mol. The molecule has 2 aliphatic rings. The average Bonchev–Trinajstić information content (AvgIpc) is 3.14. The molecule has 0 radical (unpaired) electrons. The van der Waals surface area contributed by atoms with Crippen LogP contribution in [0.5, 0.6) is 0 Å². The summed E-state index contributed by atoms with van der Waals surface area (Å²) in [6.07, 6.45) is 8.06. The van der Waals surface area contributed by atoms with Crippen LogP contribution in [0.25, 0.3) is 10.9 Å². The number of hydrogen-bond acceptors (Lipinski definition) is 5. The summed E-state index contributed by atoms with van der Waals surface area (Å²) in [5.41, 5.74) is 7.90. The minimum absolute atomic E-state index is 0.0938. The van der Waals surface area contributed by atoms with Crippen molar-refractivity contribution in [3.05, 3.63) is 53.8 Å². The van der Waals surface area contributed by atoms with Crippen LogP contribution in [0.15, 0.2) is 53.2 Å². The molecule has 4 rings (SSSR count). The van der Waals surface area contributed by atoms with Gasteiger partial charge in [-0.05, 0) is 44.0 Å². The fraction of sp³-hybridized carbons (Fsp3) is 0.364. The summed E-state index contributed by atoms with van der Waals surface area (Å²) in [6.45, 7) is 4.79. The van der Waals surface area contributed by atoms with Gasteiger partial charge in [0.25, 0.3) is 0 Å². The Morgan fingerprint density at radius 2 is 2.21 bits per heavy atom. The van der Waals surface area contributed by atoms with Gasteiger partial charge in [0.2, 0.25) is 5.91 Å². The van der Waals surface area contributed by atoms with E-state index in [4.69, 9.17) is 10.7 Å². The maximum absolute atomic E-state index is 13.4. The number of allylic oxidation sites excluding steroid dienone is 3. The van der Waals surface area contributed by atoms with E-state index in [0.717, 1.165) is 23.0 Å². The van der Waals surface area contributed by atoms with Crippen molar-refractivity contribution in [3.63, 3.8) is 0 Å². The molecule has 2 N–H and O–H groups in total. The van der Waals surface area contributed by atoms with E-state index in [1.165, 1.54) is 4.90 Å². The molecule has 1 amide bonds. The molecule has 0 saturated carbocycles. The number of rotatable bonds is 3. The molecule has 1 unspecified atom stereocenters. The zero-order valence-corrected chi connectivity index (χ0v) is 16.8. The summed E-state index contributed by atoms with van der Waals surface area (Å²) in [4.78, 5) is 19.6. The Balaban J connectivity index is 1.84. The van der Waals surface area contributed by atoms with Crippen LogP contribution in [-0.4, -0.2) is 39.1 Å². The highest BCUT2D eigenvalue weighted by molar-refractivity contribution is 6.02. The molecular weight excluding hydrogens is 364 g/mol. The zero-order valence-electron chi connectivity index (χ0n) is 16.8. The van der Waals surface area contributed by atoms with Crippen molar-refractivity contribution in [2.45, 2.75) is 38.3 Å². The first-order valence-corrected chi connectivity index (χ1v) is 9.75. The van der Waals surface area contributed by atoms with E-state index in [2.05, 4.69) is 11.2 Å². The van der Waals surface area contributed by atoms with Crippen molar-refractivity contribution in [1.29, 1.82) is 5.26 Å². The first kappa shape index (κ1) is 18.9. The van der Waals surface area contributed by atoms with E-state index < -0.39 is 11.5 Å². The molecule has 0 saturated heterocycles. The molecule has 0 bridgehead atoms. The summed E-state index contributed by atoms with van der Waals surface area (Å²) in [5, 5.41) is 14.8. The smallest absolute Gasteiger partial charge is 0.239 e. The Hall–Kier alpha value is -3.40. The van der Waals surface area contributed by atoms with Gasteiger partial charge in [-0.1, -0.05) is 18.2 Å². The molecule has 2 aromatic rings. The van der Waals surface area contributed by atoms with Gasteiger partial charge >= 0.3 is 0 Å². The molecule has 2 heterocycles. The predicted octanol–water partition coefficient (Wildman–Crippen LogP) is 2.71. The Morgan fingerprint density at radius 3 is 2.93 bits per heavy atom. The maximum Gasteiger partial charge on any atom is 0.239 e. The van der Waals surface area contributed by atoms with Crippen LogP contribution >= 0.6 is 0 Å². The molecule has 1 aliphatic heterocycles. The Labute approximate surface area is 169 Å². The van der Waals surface area contributed by atoms with Gasteiger partial charge in [-0.25, -0.2) is 4.99 Å². The van der Waals surface area contributed by atoms with Gasteiger partial charge in [0.05, 0.1) is 29.2 Å². The fourth-order valence-electron chi connectivity index (χ4n) is 4.42. The van der Waals surface area contributed by atoms with Gasteiger partial charge in [-0.3, -0.25) is 14.4 Å². The summed E-state index contributed by atoms with van der Waals surface area (Å²) in [6, 6.07) is 8.24. The van der Waals surface area contributed by atoms with Gasteiger partial charge in [0, 0.05) is 30.5 Å². The summed E-state index contributed by atoms with van der Waals surface area (Å²) >= 11 is 0. The lowest BCUT2D eigenvalue weighted by atomic mass is 9.68. The van der Waals surface area contributed by atoms with Crippen molar-refractivity contribution in [3.8, 4) is 6.07 Å². The highest BCUT2D eigenvalue weighted by Crippen LogP contribution is 2.45. The van der Waals surface area contributed by atoms with Crippen LogP contribution in [0.3, 0.4) is 0 Å². The molecule has 0 spiro atoms. The standard InChI is InChI=1S/C22H24N6O/c1-4-28-18-9-8-15(11-16(18)13-25-28)19-20(29)27(3)21(24)26-22(19,2)17-7-5-6-14(10-17)12-23/h5-9,11,13,17,19H,4,10H2,1-3H3,(H2,24,26)/t17?,19-,22+/m0/s1. The number of guanidine groups is 1. The van der Waals surface area contributed by atoms with E-state index in [1.54, 1.807) is 7.05 Å². The number of nitrogens with zero attached hydrogens (tertiary/aromatic N) is 5. The number of aryl methyl sites for hydroxylation is 1. The molecule has 1 aromatic carbocycles. The van der Waals surface area contributed by atoms with Crippen molar-refractivity contribution >= 4 is 22.8 Å². The lowest BCUT2D eigenvalue weighted by Crippen LogP contribution is -2.56. The minimum atomic E-state index is -0.797. The molecule has 0 fully saturated rings. The maximum atomic E-state index is 13.4. The lowest BCUT2D eigenvalue weighted by molar-refractivity contribution is -0.131. The predicted molar refractivity (Wildman–Crippen MR) is 112 cm³/mol. The topological polar surface area (TPSA) is 100 Å². The van der Waals surface area contributed by atoms with E-state index in [1.807, 2.05) is 61.2 Å². The number of nitriles is 1. The monoisotopic (exact) mass is 388 g/mol. The highest BCUT2D eigenvalue weighted by atomic mass is 16.2. The van der Waals surface area contributed by atoms with Gasteiger partial charge in [0.1, 0.15) is 0 Å². The Kier molecular flexibility index (Phi) is 4.50. The summed E-state index contributed by atoms with van der Waals surface area (Å²) < 4.78 is 1.93. The molecule has 1 aromatic heterocycles. The number of fused-ring (bicyclic) bond motifs is 1. The normalized spacial score (nSPS) is 27.0. The van der Waals surface area contributed by atoms with E-state index in [9.17, 15) is 10.1 Å². The molecule has 7 nitrogen and oxygen atoms in total. The molecule has 7 heteroatoms. The summed E-state index contributed by atoms with van der Waals surface area (Å²) in [5.74, 6) is -0.516.